The maximum absolute atomic E-state index is 11.3. The van der Waals surface area contributed by atoms with Crippen LogP contribution in [0.2, 0.25) is 0 Å². The van der Waals surface area contributed by atoms with Crippen LogP contribution in [0.15, 0.2) is 30.3 Å². The van der Waals surface area contributed by atoms with Gasteiger partial charge >= 0.3 is 7.60 Å². The fraction of sp³-hybridized carbons (Fsp3) is 0.250. The minimum atomic E-state index is -4.47. The van der Waals surface area contributed by atoms with Crippen LogP contribution in [0.5, 0.6) is 0 Å². The molecule has 1 rings (SSSR count). The highest BCUT2D eigenvalue weighted by Crippen LogP contribution is 2.34. The second-order valence-electron chi connectivity index (χ2n) is 3.10. The molecule has 6 nitrogen and oxygen atoms in total. The number of rotatable bonds is 5. The van der Waals surface area contributed by atoms with Crippen LogP contribution in [0.4, 0.5) is 0 Å². The van der Waals surface area contributed by atoms with Gasteiger partial charge in [-0.1, -0.05) is 30.3 Å². The maximum atomic E-state index is 11.3. The van der Waals surface area contributed by atoms with Gasteiger partial charge < -0.3 is 9.79 Å². The summed E-state index contributed by atoms with van der Waals surface area (Å²) in [6.45, 7) is 0. The van der Waals surface area contributed by atoms with Crippen LogP contribution in [0.1, 0.15) is 5.56 Å². The van der Waals surface area contributed by atoms with E-state index in [4.69, 9.17) is 9.79 Å². The van der Waals surface area contributed by atoms with Crippen LogP contribution in [0, 0.1) is 0 Å². The Bertz CT molecular complexity index is 477. The van der Waals surface area contributed by atoms with Crippen LogP contribution in [0.3, 0.4) is 0 Å². The SMILES string of the molecule is O=P(O)(O)COS(=O)(=O)Cc1ccccc1. The molecule has 0 heterocycles. The quantitative estimate of drug-likeness (QED) is 0.600. The Morgan fingerprint density at radius 2 is 1.75 bits per heavy atom. The maximum Gasteiger partial charge on any atom is 0.352 e. The van der Waals surface area contributed by atoms with E-state index in [2.05, 4.69) is 4.18 Å². The van der Waals surface area contributed by atoms with Crippen molar-refractivity contribution in [1.29, 1.82) is 0 Å². The number of hydrogen-bond donors (Lipinski definition) is 2. The molecule has 90 valence electrons. The molecule has 0 fully saturated rings. The van der Waals surface area contributed by atoms with Gasteiger partial charge in [0, 0.05) is 0 Å². The van der Waals surface area contributed by atoms with Crippen molar-refractivity contribution in [1.82, 2.24) is 0 Å². The van der Waals surface area contributed by atoms with Gasteiger partial charge in [-0.2, -0.15) is 8.42 Å². The van der Waals surface area contributed by atoms with Gasteiger partial charge in [-0.3, -0.25) is 8.75 Å². The first-order valence-electron chi connectivity index (χ1n) is 4.24. The predicted molar refractivity (Wildman–Crippen MR) is 57.1 cm³/mol. The second-order valence-corrected chi connectivity index (χ2v) is 6.33. The molecule has 2 N–H and O–H groups in total. The van der Waals surface area contributed by atoms with Crippen molar-refractivity contribution in [3.05, 3.63) is 35.9 Å². The largest absolute Gasteiger partial charge is 0.352 e. The molecule has 0 saturated heterocycles. The molecule has 0 unspecified atom stereocenters. The fourth-order valence-corrected chi connectivity index (χ4v) is 2.84. The lowest BCUT2D eigenvalue weighted by molar-refractivity contribution is 0.300. The Hall–Kier alpha value is -0.720. The van der Waals surface area contributed by atoms with E-state index in [-0.39, 0.29) is 0 Å². The third-order valence-electron chi connectivity index (χ3n) is 1.59. The van der Waals surface area contributed by atoms with Gasteiger partial charge in [0.1, 0.15) is 5.75 Å². The highest BCUT2D eigenvalue weighted by Gasteiger charge is 2.20. The molecule has 0 amide bonds. The van der Waals surface area contributed by atoms with Gasteiger partial charge in [0.05, 0.1) is 0 Å². The van der Waals surface area contributed by atoms with Crippen LogP contribution in [0.25, 0.3) is 0 Å². The van der Waals surface area contributed by atoms with Gasteiger partial charge in [0.2, 0.25) is 0 Å². The zero-order chi connectivity index (χ0) is 12.2. The summed E-state index contributed by atoms with van der Waals surface area (Å²) in [7, 11) is -8.43. The first-order valence-corrected chi connectivity index (χ1v) is 7.62. The smallest absolute Gasteiger partial charge is 0.323 e. The summed E-state index contributed by atoms with van der Waals surface area (Å²) in [6.07, 6.45) is -1.12. The van der Waals surface area contributed by atoms with E-state index in [1.807, 2.05) is 0 Å². The summed E-state index contributed by atoms with van der Waals surface area (Å²) in [5.41, 5.74) is 0.494. The minimum Gasteiger partial charge on any atom is -0.323 e. The van der Waals surface area contributed by atoms with Crippen molar-refractivity contribution < 1.29 is 27.0 Å². The summed E-state index contributed by atoms with van der Waals surface area (Å²) in [5, 5.41) is 0. The molecule has 0 aromatic heterocycles. The molecule has 1 aromatic carbocycles. The first kappa shape index (κ1) is 13.3. The standard InChI is InChI=1S/C8H11O6PS/c9-15(10,11)7-14-16(12,13)6-8-4-2-1-3-5-8/h1-5H,6-7H2,(H2,9,10,11). The van der Waals surface area contributed by atoms with E-state index < -0.39 is 29.8 Å². The minimum absolute atomic E-state index is 0.409. The number of benzene rings is 1. The molecule has 0 spiro atoms. The fourth-order valence-electron chi connectivity index (χ4n) is 0.969. The molecule has 0 aliphatic rings. The van der Waals surface area contributed by atoms with Crippen LogP contribution >= 0.6 is 7.60 Å². The summed E-state index contributed by atoms with van der Waals surface area (Å²) in [4.78, 5) is 16.9. The third-order valence-corrected chi connectivity index (χ3v) is 3.39. The molecule has 0 bridgehead atoms. The molecule has 1 aromatic rings. The molecule has 0 radical (unpaired) electrons. The number of hydrogen-bond acceptors (Lipinski definition) is 4. The van der Waals surface area contributed by atoms with E-state index in [0.29, 0.717) is 5.56 Å². The monoisotopic (exact) mass is 266 g/mol. The van der Waals surface area contributed by atoms with Gasteiger partial charge in [0.25, 0.3) is 10.1 Å². The Kier molecular flexibility index (Phi) is 4.23. The van der Waals surface area contributed by atoms with Crippen LogP contribution < -0.4 is 0 Å². The van der Waals surface area contributed by atoms with Crippen molar-refractivity contribution in [2.24, 2.45) is 0 Å². The molecule has 16 heavy (non-hydrogen) atoms. The Morgan fingerprint density at radius 1 is 1.19 bits per heavy atom. The normalized spacial score (nSPS) is 12.6. The molecule has 0 aliphatic heterocycles. The van der Waals surface area contributed by atoms with Crippen LogP contribution in [-0.4, -0.2) is 24.6 Å². The van der Waals surface area contributed by atoms with E-state index in [0.717, 1.165) is 0 Å². The molecular weight excluding hydrogens is 255 g/mol. The van der Waals surface area contributed by atoms with Crippen LogP contribution in [-0.2, 0) is 24.6 Å². The third kappa shape index (κ3) is 5.39. The summed E-state index contributed by atoms with van der Waals surface area (Å²) in [5.74, 6) is -0.409. The highest BCUT2D eigenvalue weighted by molar-refractivity contribution is 7.86. The Labute approximate surface area is 93.2 Å². The lowest BCUT2D eigenvalue weighted by atomic mass is 10.2. The summed E-state index contributed by atoms with van der Waals surface area (Å²) >= 11 is 0. The average molecular weight is 266 g/mol. The van der Waals surface area contributed by atoms with E-state index in [1.54, 1.807) is 30.3 Å². The van der Waals surface area contributed by atoms with Crippen molar-refractivity contribution in [2.75, 3.05) is 6.35 Å². The summed E-state index contributed by atoms with van der Waals surface area (Å²) in [6, 6.07) is 8.21. The Morgan fingerprint density at radius 3 is 2.25 bits per heavy atom. The van der Waals surface area contributed by atoms with E-state index >= 15 is 0 Å². The molecule has 0 atom stereocenters. The van der Waals surface area contributed by atoms with Crippen molar-refractivity contribution >= 4 is 17.7 Å². The topological polar surface area (TPSA) is 101 Å². The van der Waals surface area contributed by atoms with Crippen molar-refractivity contribution in [3.63, 3.8) is 0 Å². The van der Waals surface area contributed by atoms with Gasteiger partial charge in [0.15, 0.2) is 6.35 Å². The van der Waals surface area contributed by atoms with E-state index in [9.17, 15) is 13.0 Å². The molecular formula is C8H11O6PS. The van der Waals surface area contributed by atoms with E-state index in [1.165, 1.54) is 0 Å². The zero-order valence-corrected chi connectivity index (χ0v) is 9.89. The first-order chi connectivity index (χ1) is 7.29. The highest BCUT2D eigenvalue weighted by atomic mass is 32.2. The molecule has 8 heteroatoms. The van der Waals surface area contributed by atoms with Crippen molar-refractivity contribution in [3.8, 4) is 0 Å². The second kappa shape index (κ2) is 5.07. The zero-order valence-electron chi connectivity index (χ0n) is 8.18. The molecule has 0 aliphatic carbocycles. The Balaban J connectivity index is 2.63. The van der Waals surface area contributed by atoms with Crippen molar-refractivity contribution in [2.45, 2.75) is 5.75 Å². The van der Waals surface area contributed by atoms with Gasteiger partial charge in [-0.25, -0.2) is 0 Å². The van der Waals surface area contributed by atoms with Gasteiger partial charge in [-0.15, -0.1) is 0 Å². The lowest BCUT2D eigenvalue weighted by Crippen LogP contribution is -2.10. The average Bonchev–Trinajstić information content (AvgIpc) is 2.15. The van der Waals surface area contributed by atoms with Gasteiger partial charge in [-0.05, 0) is 5.56 Å². The summed E-state index contributed by atoms with van der Waals surface area (Å²) < 4.78 is 37.2. The predicted octanol–water partition coefficient (Wildman–Crippen LogP) is 0.668. The molecule has 0 saturated carbocycles. The lowest BCUT2D eigenvalue weighted by Gasteiger charge is -2.06.